The minimum Gasteiger partial charge on any atom is -0.392 e. The summed E-state index contributed by atoms with van der Waals surface area (Å²) in [6, 6.07) is 0. The lowest BCUT2D eigenvalue weighted by Gasteiger charge is -2.22. The number of allylic oxidation sites excluding steroid dienone is 2. The highest BCUT2D eigenvalue weighted by Crippen LogP contribution is 2.30. The summed E-state index contributed by atoms with van der Waals surface area (Å²) in [5.41, 5.74) is 5.85. The van der Waals surface area contributed by atoms with E-state index in [0.717, 1.165) is 11.1 Å². The van der Waals surface area contributed by atoms with Gasteiger partial charge in [0, 0.05) is 5.57 Å². The third kappa shape index (κ3) is 5.95. The van der Waals surface area contributed by atoms with Crippen molar-refractivity contribution in [3.63, 3.8) is 0 Å². The molecule has 1 heteroatoms. The lowest BCUT2D eigenvalue weighted by Crippen LogP contribution is -2.10. The minimum absolute atomic E-state index is 0.0531. The van der Waals surface area contributed by atoms with Gasteiger partial charge in [-0.1, -0.05) is 47.6 Å². The van der Waals surface area contributed by atoms with E-state index in [1.54, 1.807) is 0 Å². The average molecular weight is 222 g/mol. The maximum absolute atomic E-state index is 8.95. The molecule has 0 aromatic heterocycles. The Hall–Kier alpha value is -0.780. The number of rotatable bonds is 2. The van der Waals surface area contributed by atoms with Crippen LogP contribution in [-0.4, -0.2) is 11.7 Å². The van der Waals surface area contributed by atoms with Crippen LogP contribution in [0, 0.1) is 10.8 Å². The first kappa shape index (κ1) is 15.2. The van der Waals surface area contributed by atoms with E-state index in [4.69, 9.17) is 5.11 Å². The van der Waals surface area contributed by atoms with Crippen molar-refractivity contribution >= 4 is 0 Å². The minimum atomic E-state index is 0.0531. The van der Waals surface area contributed by atoms with Crippen molar-refractivity contribution in [2.24, 2.45) is 10.8 Å². The van der Waals surface area contributed by atoms with Gasteiger partial charge in [-0.3, -0.25) is 0 Å². The lowest BCUT2D eigenvalue weighted by molar-refractivity contribution is 0.341. The number of aliphatic hydroxyl groups excluding tert-OH is 1. The Kier molecular flexibility index (Phi) is 5.25. The third-order valence-corrected chi connectivity index (χ3v) is 2.19. The highest BCUT2D eigenvalue weighted by atomic mass is 16.2. The summed E-state index contributed by atoms with van der Waals surface area (Å²) >= 11 is 0. The first-order chi connectivity index (χ1) is 7.08. The van der Waals surface area contributed by atoms with Crippen LogP contribution in [0.2, 0.25) is 0 Å². The molecule has 0 heterocycles. The number of hydrogen-bond acceptors (Lipinski definition) is 1. The molecular formula is C15H26O. The molecule has 1 nitrogen and oxygen atoms in total. The molecule has 0 radical (unpaired) electrons. The standard InChI is InChI=1S/C15H26O/c1-12(9-11-16)13(15(5,6)7)8-10-14(2,3)4/h9-10,16H,11H2,1-7H3/b12-9+. The van der Waals surface area contributed by atoms with E-state index >= 15 is 0 Å². The molecule has 0 spiro atoms. The maximum Gasteiger partial charge on any atom is 0.0618 e. The Labute approximate surface area is 101 Å². The van der Waals surface area contributed by atoms with E-state index in [0.29, 0.717) is 0 Å². The number of hydrogen-bond donors (Lipinski definition) is 1. The molecule has 0 saturated heterocycles. The second-order valence-corrected chi connectivity index (χ2v) is 6.35. The summed E-state index contributed by atoms with van der Waals surface area (Å²) in [5.74, 6) is 0. The SMILES string of the molecule is C/C(=C\CO)C(=C=CC(C)(C)C)C(C)(C)C. The maximum atomic E-state index is 8.95. The van der Waals surface area contributed by atoms with E-state index in [-0.39, 0.29) is 17.4 Å². The molecule has 0 aliphatic carbocycles. The molecule has 16 heavy (non-hydrogen) atoms. The van der Waals surface area contributed by atoms with Crippen LogP contribution in [0.1, 0.15) is 48.5 Å². The fraction of sp³-hybridized carbons (Fsp3) is 0.667. The Morgan fingerprint density at radius 3 is 1.94 bits per heavy atom. The zero-order valence-electron chi connectivity index (χ0n) is 11.8. The molecule has 0 bridgehead atoms. The summed E-state index contributed by atoms with van der Waals surface area (Å²) < 4.78 is 0. The molecule has 0 rings (SSSR count). The van der Waals surface area contributed by atoms with Gasteiger partial charge in [0.15, 0.2) is 0 Å². The quantitative estimate of drug-likeness (QED) is 0.551. The van der Waals surface area contributed by atoms with Crippen molar-refractivity contribution in [3.8, 4) is 0 Å². The van der Waals surface area contributed by atoms with Crippen LogP contribution in [-0.2, 0) is 0 Å². The fourth-order valence-corrected chi connectivity index (χ4v) is 1.45. The van der Waals surface area contributed by atoms with Gasteiger partial charge in [-0.05, 0) is 29.4 Å². The summed E-state index contributed by atoms with van der Waals surface area (Å²) in [5, 5.41) is 8.95. The molecule has 0 aliphatic heterocycles. The van der Waals surface area contributed by atoms with Gasteiger partial charge in [-0.25, -0.2) is 0 Å². The molecule has 0 fully saturated rings. The predicted octanol–water partition coefficient (Wildman–Crippen LogP) is 4.10. The number of aliphatic hydroxyl groups is 1. The summed E-state index contributed by atoms with van der Waals surface area (Å²) in [6.07, 6.45) is 3.94. The van der Waals surface area contributed by atoms with Crippen LogP contribution in [0.15, 0.2) is 29.0 Å². The predicted molar refractivity (Wildman–Crippen MR) is 71.3 cm³/mol. The van der Waals surface area contributed by atoms with Crippen molar-refractivity contribution in [2.75, 3.05) is 6.61 Å². The molecule has 0 aromatic rings. The summed E-state index contributed by atoms with van der Waals surface area (Å²) in [7, 11) is 0. The van der Waals surface area contributed by atoms with Gasteiger partial charge in [0.25, 0.3) is 0 Å². The Morgan fingerprint density at radius 1 is 1.12 bits per heavy atom. The molecule has 1 N–H and O–H groups in total. The molecule has 92 valence electrons. The van der Waals surface area contributed by atoms with Gasteiger partial charge in [0.05, 0.1) is 6.61 Å². The van der Waals surface area contributed by atoms with Gasteiger partial charge in [0.1, 0.15) is 0 Å². The third-order valence-electron chi connectivity index (χ3n) is 2.19. The van der Waals surface area contributed by atoms with Crippen LogP contribution in [0.25, 0.3) is 0 Å². The molecular weight excluding hydrogens is 196 g/mol. The summed E-state index contributed by atoms with van der Waals surface area (Å²) in [4.78, 5) is 0. The van der Waals surface area contributed by atoms with Crippen molar-refractivity contribution in [1.29, 1.82) is 0 Å². The van der Waals surface area contributed by atoms with E-state index in [2.05, 4.69) is 53.3 Å². The average Bonchev–Trinajstić information content (AvgIpc) is 1.99. The fourth-order valence-electron chi connectivity index (χ4n) is 1.45. The normalized spacial score (nSPS) is 13.4. The molecule has 0 amide bonds. The monoisotopic (exact) mass is 222 g/mol. The molecule has 0 aromatic carbocycles. The van der Waals surface area contributed by atoms with Crippen LogP contribution in [0.4, 0.5) is 0 Å². The Bertz CT molecular complexity index is 312. The summed E-state index contributed by atoms with van der Waals surface area (Å²) in [6.45, 7) is 15.1. The van der Waals surface area contributed by atoms with Gasteiger partial charge in [-0.15, -0.1) is 5.73 Å². The zero-order valence-corrected chi connectivity index (χ0v) is 11.8. The smallest absolute Gasteiger partial charge is 0.0618 e. The Morgan fingerprint density at radius 2 is 1.62 bits per heavy atom. The van der Waals surface area contributed by atoms with E-state index in [9.17, 15) is 0 Å². The zero-order chi connectivity index (χ0) is 13.0. The second kappa shape index (κ2) is 5.52. The van der Waals surface area contributed by atoms with Crippen LogP contribution >= 0.6 is 0 Å². The van der Waals surface area contributed by atoms with E-state index < -0.39 is 0 Å². The molecule has 0 saturated carbocycles. The van der Waals surface area contributed by atoms with E-state index in [1.165, 1.54) is 0 Å². The second-order valence-electron chi connectivity index (χ2n) is 6.35. The largest absolute Gasteiger partial charge is 0.392 e. The lowest BCUT2D eigenvalue weighted by atomic mass is 9.82. The van der Waals surface area contributed by atoms with Gasteiger partial charge in [0.2, 0.25) is 0 Å². The van der Waals surface area contributed by atoms with E-state index in [1.807, 2.05) is 13.0 Å². The highest BCUT2D eigenvalue weighted by Gasteiger charge is 2.18. The topological polar surface area (TPSA) is 20.2 Å². The van der Waals surface area contributed by atoms with Gasteiger partial charge in [-0.2, -0.15) is 0 Å². The van der Waals surface area contributed by atoms with Gasteiger partial charge >= 0.3 is 0 Å². The molecule has 0 atom stereocenters. The Balaban J connectivity index is 5.46. The molecule has 0 unspecified atom stereocenters. The van der Waals surface area contributed by atoms with Gasteiger partial charge < -0.3 is 5.11 Å². The highest BCUT2D eigenvalue weighted by molar-refractivity contribution is 5.33. The van der Waals surface area contributed by atoms with Crippen LogP contribution in [0.3, 0.4) is 0 Å². The first-order valence-electron chi connectivity index (χ1n) is 5.84. The van der Waals surface area contributed by atoms with Crippen LogP contribution in [0.5, 0.6) is 0 Å². The van der Waals surface area contributed by atoms with Crippen molar-refractivity contribution in [2.45, 2.75) is 48.5 Å². The molecule has 0 aliphatic rings. The van der Waals surface area contributed by atoms with Crippen molar-refractivity contribution < 1.29 is 5.11 Å². The first-order valence-corrected chi connectivity index (χ1v) is 5.84. The van der Waals surface area contributed by atoms with Crippen molar-refractivity contribution in [1.82, 2.24) is 0 Å². The van der Waals surface area contributed by atoms with Crippen LogP contribution < -0.4 is 0 Å². The van der Waals surface area contributed by atoms with Crippen molar-refractivity contribution in [3.05, 3.63) is 29.0 Å².